The third-order valence-corrected chi connectivity index (χ3v) is 4.42. The number of halogens is 3. The Morgan fingerprint density at radius 1 is 1.32 bits per heavy atom. The van der Waals surface area contributed by atoms with Gasteiger partial charge in [0.2, 0.25) is 0 Å². The first-order chi connectivity index (χ1) is 11.9. The van der Waals surface area contributed by atoms with Crippen molar-refractivity contribution in [3.63, 3.8) is 0 Å². The number of hydrogen-bond acceptors (Lipinski definition) is 2. The van der Waals surface area contributed by atoms with Gasteiger partial charge in [-0.3, -0.25) is 9.89 Å². The minimum absolute atomic E-state index is 0.399. The van der Waals surface area contributed by atoms with E-state index >= 15 is 0 Å². The molecule has 0 saturated carbocycles. The smallest absolute Gasteiger partial charge is 0.356 e. The van der Waals surface area contributed by atoms with E-state index in [1.807, 2.05) is 6.07 Å². The van der Waals surface area contributed by atoms with Crippen LogP contribution < -0.4 is 5.32 Å². The summed E-state index contributed by atoms with van der Waals surface area (Å²) >= 11 is 0. The Hall–Kier alpha value is -1.76. The van der Waals surface area contributed by atoms with Crippen LogP contribution in [0.2, 0.25) is 0 Å². The average molecular weight is 356 g/mol. The zero-order valence-corrected chi connectivity index (χ0v) is 14.9. The number of likely N-dealkylation sites (tertiary alicyclic amines) is 1. The van der Waals surface area contributed by atoms with E-state index in [4.69, 9.17) is 0 Å². The van der Waals surface area contributed by atoms with Gasteiger partial charge in [-0.15, -0.1) is 0 Å². The number of alkyl halides is 3. The van der Waals surface area contributed by atoms with Crippen LogP contribution >= 0.6 is 0 Å². The highest BCUT2D eigenvalue weighted by Gasteiger charge is 2.29. The summed E-state index contributed by atoms with van der Waals surface area (Å²) in [6.45, 7) is 2.00. The van der Waals surface area contributed by atoms with Crippen LogP contribution in [0, 0.1) is 0 Å². The van der Waals surface area contributed by atoms with Crippen LogP contribution in [0.25, 0.3) is 0 Å². The van der Waals surface area contributed by atoms with Crippen LogP contribution in [0.15, 0.2) is 35.3 Å². The third kappa shape index (κ3) is 6.57. The fourth-order valence-corrected chi connectivity index (χ4v) is 3.22. The molecule has 140 valence electrons. The number of guanidine groups is 1. The van der Waals surface area contributed by atoms with Crippen molar-refractivity contribution in [3.8, 4) is 0 Å². The van der Waals surface area contributed by atoms with Crippen LogP contribution in [0.5, 0.6) is 0 Å². The standard InChI is InChI=1S/C18H27F3N4/c1-22-17(23-10-6-11-24(2)14-18(19,20)21)25-12-9-16(13-25)15-7-4-3-5-8-15/h3-5,7-8,16H,6,9-14H2,1-2H3,(H,22,23). The van der Waals surface area contributed by atoms with Crippen LogP contribution in [0.4, 0.5) is 13.2 Å². The van der Waals surface area contributed by atoms with E-state index in [1.54, 1.807) is 7.05 Å². The summed E-state index contributed by atoms with van der Waals surface area (Å²) in [5.74, 6) is 1.33. The third-order valence-electron chi connectivity index (χ3n) is 4.42. The predicted molar refractivity (Wildman–Crippen MR) is 94.9 cm³/mol. The maximum atomic E-state index is 12.3. The number of nitrogens with zero attached hydrogens (tertiary/aromatic N) is 3. The van der Waals surface area contributed by atoms with Gasteiger partial charge in [-0.2, -0.15) is 13.2 Å². The first kappa shape index (κ1) is 19.6. The zero-order valence-electron chi connectivity index (χ0n) is 14.9. The van der Waals surface area contributed by atoms with Gasteiger partial charge in [0.25, 0.3) is 0 Å². The summed E-state index contributed by atoms with van der Waals surface area (Å²) in [7, 11) is 3.24. The SMILES string of the molecule is CN=C(NCCCN(C)CC(F)(F)F)N1CCC(c2ccccc2)C1. The fraction of sp³-hybridized carbons (Fsp3) is 0.611. The summed E-state index contributed by atoms with van der Waals surface area (Å²) in [5.41, 5.74) is 1.34. The van der Waals surface area contributed by atoms with Crippen LogP contribution in [0.1, 0.15) is 24.3 Å². The molecule has 0 aliphatic carbocycles. The molecule has 1 atom stereocenters. The van der Waals surface area contributed by atoms with Crippen molar-refractivity contribution in [3.05, 3.63) is 35.9 Å². The van der Waals surface area contributed by atoms with E-state index in [1.165, 1.54) is 17.5 Å². The Balaban J connectivity index is 1.72. The molecule has 0 aromatic heterocycles. The maximum Gasteiger partial charge on any atom is 0.401 e. The van der Waals surface area contributed by atoms with E-state index in [9.17, 15) is 13.2 Å². The number of rotatable bonds is 6. The molecular weight excluding hydrogens is 329 g/mol. The van der Waals surface area contributed by atoms with Gasteiger partial charge in [0.1, 0.15) is 0 Å². The summed E-state index contributed by atoms with van der Waals surface area (Å²) in [4.78, 5) is 7.83. The zero-order chi connectivity index (χ0) is 18.3. The van der Waals surface area contributed by atoms with Crippen molar-refractivity contribution in [2.45, 2.75) is 24.9 Å². The second-order valence-corrected chi connectivity index (χ2v) is 6.52. The van der Waals surface area contributed by atoms with Gasteiger partial charge < -0.3 is 10.2 Å². The Morgan fingerprint density at radius 2 is 2.04 bits per heavy atom. The fourth-order valence-electron chi connectivity index (χ4n) is 3.22. The molecule has 0 amide bonds. The van der Waals surface area contributed by atoms with Gasteiger partial charge in [-0.25, -0.2) is 0 Å². The molecular formula is C18H27F3N4. The van der Waals surface area contributed by atoms with Crippen molar-refractivity contribution in [1.29, 1.82) is 0 Å². The first-order valence-corrected chi connectivity index (χ1v) is 8.65. The largest absolute Gasteiger partial charge is 0.401 e. The molecule has 1 aliphatic heterocycles. The van der Waals surface area contributed by atoms with Crippen molar-refractivity contribution >= 4 is 5.96 Å². The number of aliphatic imine (C=N–C) groups is 1. The summed E-state index contributed by atoms with van der Waals surface area (Å²) < 4.78 is 36.9. The maximum absolute atomic E-state index is 12.3. The summed E-state index contributed by atoms with van der Waals surface area (Å²) in [6.07, 6.45) is -2.42. The number of hydrogen-bond donors (Lipinski definition) is 1. The van der Waals surface area contributed by atoms with Gasteiger partial charge in [-0.1, -0.05) is 30.3 Å². The molecule has 1 fully saturated rings. The summed E-state index contributed by atoms with van der Waals surface area (Å²) in [5, 5.41) is 3.27. The molecule has 0 radical (unpaired) electrons. The van der Waals surface area contributed by atoms with Crippen molar-refractivity contribution in [1.82, 2.24) is 15.1 Å². The minimum atomic E-state index is -4.14. The quantitative estimate of drug-likeness (QED) is 0.483. The lowest BCUT2D eigenvalue weighted by Gasteiger charge is -2.23. The molecule has 1 aliphatic rings. The van der Waals surface area contributed by atoms with Gasteiger partial charge in [0, 0.05) is 32.6 Å². The van der Waals surface area contributed by atoms with Crippen molar-refractivity contribution in [2.24, 2.45) is 4.99 Å². The minimum Gasteiger partial charge on any atom is -0.356 e. The molecule has 1 N–H and O–H groups in total. The summed E-state index contributed by atoms with van der Waals surface area (Å²) in [6, 6.07) is 10.4. The van der Waals surface area contributed by atoms with Gasteiger partial charge >= 0.3 is 6.18 Å². The predicted octanol–water partition coefficient (Wildman–Crippen LogP) is 2.94. The Morgan fingerprint density at radius 3 is 2.68 bits per heavy atom. The van der Waals surface area contributed by atoms with E-state index in [2.05, 4.69) is 39.5 Å². The molecule has 0 bridgehead atoms. The van der Waals surface area contributed by atoms with E-state index in [0.717, 1.165) is 25.5 Å². The highest BCUT2D eigenvalue weighted by Crippen LogP contribution is 2.26. The molecule has 1 heterocycles. The van der Waals surface area contributed by atoms with E-state index in [-0.39, 0.29) is 0 Å². The highest BCUT2D eigenvalue weighted by molar-refractivity contribution is 5.80. The lowest BCUT2D eigenvalue weighted by atomic mass is 9.99. The molecule has 1 aromatic carbocycles. The highest BCUT2D eigenvalue weighted by atomic mass is 19.4. The molecule has 7 heteroatoms. The monoisotopic (exact) mass is 356 g/mol. The molecule has 25 heavy (non-hydrogen) atoms. The number of benzene rings is 1. The molecule has 1 saturated heterocycles. The Labute approximate surface area is 147 Å². The van der Waals surface area contributed by atoms with Crippen LogP contribution in [-0.2, 0) is 0 Å². The Bertz CT molecular complexity index is 545. The van der Waals surface area contributed by atoms with E-state index in [0.29, 0.717) is 25.4 Å². The first-order valence-electron chi connectivity index (χ1n) is 8.65. The van der Waals surface area contributed by atoms with E-state index < -0.39 is 12.7 Å². The van der Waals surface area contributed by atoms with Gasteiger partial charge in [0.05, 0.1) is 6.54 Å². The van der Waals surface area contributed by atoms with Crippen molar-refractivity contribution in [2.75, 3.05) is 46.8 Å². The topological polar surface area (TPSA) is 30.9 Å². The second kappa shape index (κ2) is 9.08. The molecule has 1 aromatic rings. The Kier molecular flexibility index (Phi) is 7.11. The number of nitrogens with one attached hydrogen (secondary N) is 1. The lowest BCUT2D eigenvalue weighted by molar-refractivity contribution is -0.143. The second-order valence-electron chi connectivity index (χ2n) is 6.52. The average Bonchev–Trinajstić information content (AvgIpc) is 3.04. The normalized spacial score (nSPS) is 18.9. The molecule has 2 rings (SSSR count). The lowest BCUT2D eigenvalue weighted by Crippen LogP contribution is -2.41. The van der Waals surface area contributed by atoms with Crippen LogP contribution in [-0.4, -0.2) is 68.8 Å². The van der Waals surface area contributed by atoms with Gasteiger partial charge in [-0.05, 0) is 32.0 Å². The molecule has 1 unspecified atom stereocenters. The van der Waals surface area contributed by atoms with Gasteiger partial charge in [0.15, 0.2) is 5.96 Å². The van der Waals surface area contributed by atoms with Crippen molar-refractivity contribution < 1.29 is 13.2 Å². The van der Waals surface area contributed by atoms with Crippen LogP contribution in [0.3, 0.4) is 0 Å². The molecule has 0 spiro atoms. The molecule has 4 nitrogen and oxygen atoms in total.